The minimum absolute atomic E-state index is 0.0592. The summed E-state index contributed by atoms with van der Waals surface area (Å²) in [6.07, 6.45) is 0. The van der Waals surface area contributed by atoms with Crippen molar-refractivity contribution < 1.29 is 18.7 Å². The van der Waals surface area contributed by atoms with Gasteiger partial charge in [0.2, 0.25) is 11.9 Å². The van der Waals surface area contributed by atoms with Crippen LogP contribution in [0, 0.1) is 5.82 Å². The zero-order valence-corrected chi connectivity index (χ0v) is 10.8. The Labute approximate surface area is 118 Å². The molecule has 1 heterocycles. The Kier molecular flexibility index (Phi) is 4.44. The van der Waals surface area contributed by atoms with E-state index in [4.69, 9.17) is 20.9 Å². The number of hydrogen-bond donors (Lipinski definition) is 2. The van der Waals surface area contributed by atoms with Crippen LogP contribution in [0.1, 0.15) is 5.82 Å². The monoisotopic (exact) mass is 293 g/mol. The minimum atomic E-state index is -0.642. The molecule has 0 saturated heterocycles. The van der Waals surface area contributed by atoms with Crippen molar-refractivity contribution in [2.24, 2.45) is 0 Å². The molecule has 0 amide bonds. The van der Waals surface area contributed by atoms with E-state index < -0.39 is 11.8 Å². The summed E-state index contributed by atoms with van der Waals surface area (Å²) in [6, 6.07) is 5.24. The summed E-state index contributed by atoms with van der Waals surface area (Å²) in [4.78, 5) is 22.6. The molecular formula is C12H12FN5O3. The van der Waals surface area contributed by atoms with Crippen LogP contribution >= 0.6 is 0 Å². The molecule has 9 heteroatoms. The minimum Gasteiger partial charge on any atom is -0.482 e. The van der Waals surface area contributed by atoms with Crippen LogP contribution in [-0.4, -0.2) is 27.5 Å². The number of anilines is 2. The van der Waals surface area contributed by atoms with Gasteiger partial charge < -0.3 is 20.9 Å². The first kappa shape index (κ1) is 14.4. The highest BCUT2D eigenvalue weighted by molar-refractivity contribution is 5.71. The summed E-state index contributed by atoms with van der Waals surface area (Å²) >= 11 is 0. The lowest BCUT2D eigenvalue weighted by atomic mass is 10.3. The first-order valence-corrected chi connectivity index (χ1v) is 5.83. The number of nitrogens with zero attached hydrogens (tertiary/aromatic N) is 3. The van der Waals surface area contributed by atoms with Crippen molar-refractivity contribution in [2.75, 3.05) is 18.1 Å². The Morgan fingerprint density at radius 2 is 1.71 bits per heavy atom. The third-order valence-electron chi connectivity index (χ3n) is 2.25. The molecule has 8 nitrogen and oxygen atoms in total. The number of carbonyl (C=O) groups excluding carboxylic acids is 1. The molecule has 2 aromatic rings. The molecular weight excluding hydrogens is 281 g/mol. The second-order valence-corrected chi connectivity index (χ2v) is 3.87. The van der Waals surface area contributed by atoms with Gasteiger partial charge in [-0.15, -0.1) is 0 Å². The molecule has 0 bridgehead atoms. The van der Waals surface area contributed by atoms with Crippen LogP contribution in [0.25, 0.3) is 0 Å². The fourth-order valence-corrected chi connectivity index (χ4v) is 1.38. The van der Waals surface area contributed by atoms with Gasteiger partial charge in [0.25, 0.3) is 0 Å². The predicted molar refractivity (Wildman–Crippen MR) is 70.3 cm³/mol. The Balaban J connectivity index is 1.80. The molecule has 4 N–H and O–H groups in total. The number of ether oxygens (including phenoxy) is 2. The zero-order valence-electron chi connectivity index (χ0n) is 10.8. The number of benzene rings is 1. The maximum Gasteiger partial charge on any atom is 0.344 e. The van der Waals surface area contributed by atoms with Crippen molar-refractivity contribution in [3.05, 3.63) is 35.9 Å². The number of hydrogen-bond acceptors (Lipinski definition) is 8. The molecule has 0 spiro atoms. The molecule has 1 aromatic carbocycles. The van der Waals surface area contributed by atoms with E-state index in [1.54, 1.807) is 0 Å². The second-order valence-electron chi connectivity index (χ2n) is 3.87. The first-order valence-electron chi connectivity index (χ1n) is 5.83. The van der Waals surface area contributed by atoms with Crippen molar-refractivity contribution in [2.45, 2.75) is 6.61 Å². The Morgan fingerprint density at radius 3 is 2.33 bits per heavy atom. The molecule has 0 aliphatic carbocycles. The lowest BCUT2D eigenvalue weighted by Gasteiger charge is -2.06. The van der Waals surface area contributed by atoms with E-state index in [0.29, 0.717) is 5.75 Å². The fourth-order valence-electron chi connectivity index (χ4n) is 1.38. The molecule has 0 aliphatic heterocycles. The van der Waals surface area contributed by atoms with Crippen LogP contribution in [0.3, 0.4) is 0 Å². The molecule has 1 aromatic heterocycles. The van der Waals surface area contributed by atoms with Gasteiger partial charge in [-0.2, -0.15) is 15.0 Å². The van der Waals surface area contributed by atoms with Gasteiger partial charge in [-0.05, 0) is 24.3 Å². The SMILES string of the molecule is Nc1nc(N)nc(COC(=O)COc2ccc(F)cc2)n1. The van der Waals surface area contributed by atoms with Crippen molar-refractivity contribution in [3.63, 3.8) is 0 Å². The van der Waals surface area contributed by atoms with Gasteiger partial charge in [0.1, 0.15) is 11.6 Å². The van der Waals surface area contributed by atoms with Crippen molar-refractivity contribution in [3.8, 4) is 5.75 Å². The number of nitrogen functional groups attached to an aromatic ring is 2. The van der Waals surface area contributed by atoms with Gasteiger partial charge in [0.15, 0.2) is 19.0 Å². The summed E-state index contributed by atoms with van der Waals surface area (Å²) in [5.41, 5.74) is 10.7. The quantitative estimate of drug-likeness (QED) is 0.753. The van der Waals surface area contributed by atoms with Crippen LogP contribution in [0.5, 0.6) is 5.75 Å². The summed E-state index contributed by atoms with van der Waals surface area (Å²) < 4.78 is 22.7. The molecule has 0 atom stereocenters. The van der Waals surface area contributed by atoms with E-state index in [1.165, 1.54) is 24.3 Å². The standard InChI is InChI=1S/C12H12FN5O3/c13-7-1-3-8(4-2-7)20-6-10(19)21-5-9-16-11(14)18-12(15)17-9/h1-4H,5-6H2,(H4,14,15,16,17,18). The van der Waals surface area contributed by atoms with E-state index in [1.807, 2.05) is 0 Å². The highest BCUT2D eigenvalue weighted by atomic mass is 19.1. The second kappa shape index (κ2) is 6.46. The summed E-state index contributed by atoms with van der Waals surface area (Å²) in [6.45, 7) is -0.537. The van der Waals surface area contributed by atoms with E-state index >= 15 is 0 Å². The third-order valence-corrected chi connectivity index (χ3v) is 2.25. The highest BCUT2D eigenvalue weighted by Gasteiger charge is 2.08. The van der Waals surface area contributed by atoms with E-state index in [0.717, 1.165) is 0 Å². The van der Waals surface area contributed by atoms with E-state index in [9.17, 15) is 9.18 Å². The lowest BCUT2D eigenvalue weighted by molar-refractivity contribution is -0.147. The number of nitrogens with two attached hydrogens (primary N) is 2. The molecule has 110 valence electrons. The molecule has 21 heavy (non-hydrogen) atoms. The van der Waals surface area contributed by atoms with Gasteiger partial charge in [-0.3, -0.25) is 0 Å². The number of halogens is 1. The van der Waals surface area contributed by atoms with Gasteiger partial charge in [-0.25, -0.2) is 9.18 Å². The number of esters is 1. The van der Waals surface area contributed by atoms with Crippen molar-refractivity contribution >= 4 is 17.9 Å². The predicted octanol–water partition coefficient (Wildman–Crippen LogP) is 0.297. The zero-order chi connectivity index (χ0) is 15.2. The number of carbonyl (C=O) groups is 1. The van der Waals surface area contributed by atoms with E-state index in [2.05, 4.69) is 15.0 Å². The molecule has 0 unspecified atom stereocenters. The smallest absolute Gasteiger partial charge is 0.344 e. The van der Waals surface area contributed by atoms with Gasteiger partial charge >= 0.3 is 5.97 Å². The largest absolute Gasteiger partial charge is 0.482 e. The average Bonchev–Trinajstić information content (AvgIpc) is 2.43. The summed E-state index contributed by atoms with van der Waals surface area (Å²) in [5.74, 6) is -0.670. The van der Waals surface area contributed by atoms with Gasteiger partial charge in [0, 0.05) is 0 Å². The molecule has 2 rings (SSSR count). The third kappa shape index (κ3) is 4.56. The van der Waals surface area contributed by atoms with Crippen LogP contribution < -0.4 is 16.2 Å². The lowest BCUT2D eigenvalue weighted by Crippen LogP contribution is -2.16. The highest BCUT2D eigenvalue weighted by Crippen LogP contribution is 2.11. The number of rotatable bonds is 5. The van der Waals surface area contributed by atoms with Crippen molar-refractivity contribution in [1.82, 2.24) is 15.0 Å². The Morgan fingerprint density at radius 1 is 1.10 bits per heavy atom. The maximum atomic E-state index is 12.7. The van der Waals surface area contributed by atoms with E-state index in [-0.39, 0.29) is 30.9 Å². The molecule has 0 aliphatic rings. The van der Waals surface area contributed by atoms with Crippen molar-refractivity contribution in [1.29, 1.82) is 0 Å². The van der Waals surface area contributed by atoms with Gasteiger partial charge in [0.05, 0.1) is 0 Å². The fraction of sp³-hybridized carbons (Fsp3) is 0.167. The van der Waals surface area contributed by atoms with Crippen LogP contribution in [0.15, 0.2) is 24.3 Å². The first-order chi connectivity index (χ1) is 10.0. The molecule has 0 fully saturated rings. The molecule has 0 radical (unpaired) electrons. The average molecular weight is 293 g/mol. The van der Waals surface area contributed by atoms with Crippen LogP contribution in [-0.2, 0) is 16.1 Å². The number of aromatic nitrogens is 3. The summed E-state index contributed by atoms with van der Waals surface area (Å²) in [5, 5.41) is 0. The maximum absolute atomic E-state index is 12.7. The molecule has 0 saturated carbocycles. The van der Waals surface area contributed by atoms with Crippen LogP contribution in [0.4, 0.5) is 16.3 Å². The van der Waals surface area contributed by atoms with Gasteiger partial charge in [-0.1, -0.05) is 0 Å². The van der Waals surface area contributed by atoms with Crippen LogP contribution in [0.2, 0.25) is 0 Å². The Bertz CT molecular complexity index is 615. The normalized spacial score (nSPS) is 10.1. The topological polar surface area (TPSA) is 126 Å². The summed E-state index contributed by atoms with van der Waals surface area (Å²) in [7, 11) is 0. The Hall–Kier alpha value is -2.97.